The SMILES string of the molecule is CCc1ccccc1OCCc1nc(-c2ccccc2)oc1C. The molecule has 0 saturated carbocycles. The summed E-state index contributed by atoms with van der Waals surface area (Å²) in [4.78, 5) is 4.61. The molecule has 0 radical (unpaired) electrons. The van der Waals surface area contributed by atoms with Gasteiger partial charge in [0.2, 0.25) is 5.89 Å². The lowest BCUT2D eigenvalue weighted by Gasteiger charge is -2.09. The van der Waals surface area contributed by atoms with Crippen molar-refractivity contribution in [2.75, 3.05) is 6.61 Å². The Morgan fingerprint density at radius 2 is 1.74 bits per heavy atom. The summed E-state index contributed by atoms with van der Waals surface area (Å²) in [5, 5.41) is 0. The van der Waals surface area contributed by atoms with Crippen LogP contribution in [0.5, 0.6) is 5.75 Å². The highest BCUT2D eigenvalue weighted by atomic mass is 16.5. The quantitative estimate of drug-likeness (QED) is 0.654. The maximum atomic E-state index is 5.92. The van der Waals surface area contributed by atoms with Crippen LogP contribution in [0.4, 0.5) is 0 Å². The number of aryl methyl sites for hydroxylation is 2. The predicted molar refractivity (Wildman–Crippen MR) is 91.7 cm³/mol. The summed E-state index contributed by atoms with van der Waals surface area (Å²) in [6.45, 7) is 4.68. The third-order valence-electron chi connectivity index (χ3n) is 3.86. The van der Waals surface area contributed by atoms with Gasteiger partial charge in [0.1, 0.15) is 11.5 Å². The van der Waals surface area contributed by atoms with Crippen LogP contribution in [-0.2, 0) is 12.8 Å². The normalized spacial score (nSPS) is 10.7. The fourth-order valence-corrected chi connectivity index (χ4v) is 2.56. The minimum Gasteiger partial charge on any atom is -0.493 e. The maximum absolute atomic E-state index is 5.92. The lowest BCUT2D eigenvalue weighted by Crippen LogP contribution is -2.04. The van der Waals surface area contributed by atoms with Gasteiger partial charge in [-0.2, -0.15) is 0 Å². The Balaban J connectivity index is 1.66. The maximum Gasteiger partial charge on any atom is 0.226 e. The van der Waals surface area contributed by atoms with E-state index in [0.717, 1.165) is 35.6 Å². The summed E-state index contributed by atoms with van der Waals surface area (Å²) >= 11 is 0. The van der Waals surface area contributed by atoms with Crippen molar-refractivity contribution in [3.63, 3.8) is 0 Å². The molecule has 2 aromatic carbocycles. The van der Waals surface area contributed by atoms with Crippen molar-refractivity contribution in [3.05, 3.63) is 71.6 Å². The molecule has 3 rings (SSSR count). The second-order valence-corrected chi connectivity index (χ2v) is 5.45. The molecule has 0 fully saturated rings. The second-order valence-electron chi connectivity index (χ2n) is 5.45. The lowest BCUT2D eigenvalue weighted by atomic mass is 10.1. The predicted octanol–water partition coefficient (Wildman–Crippen LogP) is 4.83. The van der Waals surface area contributed by atoms with Crippen LogP contribution in [0.1, 0.15) is 23.9 Å². The Morgan fingerprint density at radius 1 is 1.00 bits per heavy atom. The van der Waals surface area contributed by atoms with Gasteiger partial charge in [0.25, 0.3) is 0 Å². The van der Waals surface area contributed by atoms with Crippen LogP contribution in [0.25, 0.3) is 11.5 Å². The third-order valence-corrected chi connectivity index (χ3v) is 3.86. The van der Waals surface area contributed by atoms with Gasteiger partial charge in [0.15, 0.2) is 0 Å². The summed E-state index contributed by atoms with van der Waals surface area (Å²) in [5.41, 5.74) is 3.19. The van der Waals surface area contributed by atoms with E-state index >= 15 is 0 Å². The number of benzene rings is 2. The summed E-state index contributed by atoms with van der Waals surface area (Å²) in [6, 6.07) is 18.1. The third kappa shape index (κ3) is 3.62. The number of hydrogen-bond acceptors (Lipinski definition) is 3. The molecule has 0 saturated heterocycles. The van der Waals surface area contributed by atoms with E-state index < -0.39 is 0 Å². The van der Waals surface area contributed by atoms with E-state index in [1.165, 1.54) is 5.56 Å². The molecule has 0 N–H and O–H groups in total. The number of rotatable bonds is 6. The first-order valence-corrected chi connectivity index (χ1v) is 8.00. The Morgan fingerprint density at radius 3 is 2.52 bits per heavy atom. The average Bonchev–Trinajstić information content (AvgIpc) is 2.97. The molecule has 3 nitrogen and oxygen atoms in total. The molecule has 0 aliphatic rings. The molecule has 0 bridgehead atoms. The largest absolute Gasteiger partial charge is 0.493 e. The zero-order valence-electron chi connectivity index (χ0n) is 13.6. The van der Waals surface area contributed by atoms with E-state index in [9.17, 15) is 0 Å². The minimum absolute atomic E-state index is 0.596. The van der Waals surface area contributed by atoms with Crippen molar-refractivity contribution < 1.29 is 9.15 Å². The molecule has 3 aromatic rings. The molecule has 1 heterocycles. The van der Waals surface area contributed by atoms with Gasteiger partial charge in [-0.25, -0.2) is 4.98 Å². The monoisotopic (exact) mass is 307 g/mol. The minimum atomic E-state index is 0.596. The van der Waals surface area contributed by atoms with Crippen molar-refractivity contribution in [2.24, 2.45) is 0 Å². The van der Waals surface area contributed by atoms with E-state index in [0.29, 0.717) is 12.5 Å². The fourth-order valence-electron chi connectivity index (χ4n) is 2.56. The fraction of sp³-hybridized carbons (Fsp3) is 0.250. The lowest BCUT2D eigenvalue weighted by molar-refractivity contribution is 0.317. The first kappa shape index (κ1) is 15.3. The van der Waals surface area contributed by atoms with E-state index in [2.05, 4.69) is 18.0 Å². The highest BCUT2D eigenvalue weighted by Gasteiger charge is 2.11. The highest BCUT2D eigenvalue weighted by Crippen LogP contribution is 2.22. The first-order chi connectivity index (χ1) is 11.3. The number of aromatic nitrogens is 1. The van der Waals surface area contributed by atoms with Crippen molar-refractivity contribution >= 4 is 0 Å². The molecule has 0 unspecified atom stereocenters. The summed E-state index contributed by atoms with van der Waals surface area (Å²) in [6.07, 6.45) is 1.71. The summed E-state index contributed by atoms with van der Waals surface area (Å²) < 4.78 is 11.7. The molecule has 0 aliphatic carbocycles. The van der Waals surface area contributed by atoms with Gasteiger partial charge in [0, 0.05) is 12.0 Å². The smallest absolute Gasteiger partial charge is 0.226 e. The molecule has 0 spiro atoms. The molecular weight excluding hydrogens is 286 g/mol. The molecule has 23 heavy (non-hydrogen) atoms. The van der Waals surface area contributed by atoms with Crippen molar-refractivity contribution in [2.45, 2.75) is 26.7 Å². The Kier molecular flexibility index (Phi) is 4.77. The molecule has 0 atom stereocenters. The van der Waals surface area contributed by atoms with Crippen LogP contribution in [-0.4, -0.2) is 11.6 Å². The van der Waals surface area contributed by atoms with Gasteiger partial charge in [-0.1, -0.05) is 43.3 Å². The number of oxazole rings is 1. The van der Waals surface area contributed by atoms with Crippen LogP contribution < -0.4 is 4.74 Å². The second kappa shape index (κ2) is 7.14. The molecule has 0 amide bonds. The van der Waals surface area contributed by atoms with Gasteiger partial charge in [-0.05, 0) is 37.1 Å². The molecule has 118 valence electrons. The molecule has 0 aliphatic heterocycles. The Hall–Kier alpha value is -2.55. The van der Waals surface area contributed by atoms with E-state index in [1.807, 2.05) is 55.5 Å². The van der Waals surface area contributed by atoms with E-state index in [4.69, 9.17) is 9.15 Å². The average molecular weight is 307 g/mol. The molecule has 3 heteroatoms. The molecular formula is C20H21NO2. The molecule has 1 aromatic heterocycles. The van der Waals surface area contributed by atoms with Crippen LogP contribution >= 0.6 is 0 Å². The van der Waals surface area contributed by atoms with Gasteiger partial charge in [-0.3, -0.25) is 0 Å². The van der Waals surface area contributed by atoms with E-state index in [1.54, 1.807) is 0 Å². The number of nitrogens with zero attached hydrogens (tertiary/aromatic N) is 1. The number of para-hydroxylation sites is 1. The van der Waals surface area contributed by atoms with Gasteiger partial charge >= 0.3 is 0 Å². The van der Waals surface area contributed by atoms with Gasteiger partial charge < -0.3 is 9.15 Å². The summed E-state index contributed by atoms with van der Waals surface area (Å²) in [5.74, 6) is 2.49. The summed E-state index contributed by atoms with van der Waals surface area (Å²) in [7, 11) is 0. The van der Waals surface area contributed by atoms with E-state index in [-0.39, 0.29) is 0 Å². The number of hydrogen-bond donors (Lipinski definition) is 0. The van der Waals surface area contributed by atoms with Crippen LogP contribution in [0.3, 0.4) is 0 Å². The standard InChI is InChI=1S/C20H21NO2/c1-3-16-9-7-8-12-19(16)22-14-13-18-15(2)23-20(21-18)17-10-5-4-6-11-17/h4-12H,3,13-14H2,1-2H3. The van der Waals surface area contributed by atoms with Crippen LogP contribution in [0, 0.1) is 6.92 Å². The topological polar surface area (TPSA) is 35.3 Å². The highest BCUT2D eigenvalue weighted by molar-refractivity contribution is 5.53. The zero-order valence-corrected chi connectivity index (χ0v) is 13.6. The van der Waals surface area contributed by atoms with Crippen molar-refractivity contribution in [3.8, 4) is 17.2 Å². The first-order valence-electron chi connectivity index (χ1n) is 8.00. The van der Waals surface area contributed by atoms with Crippen LogP contribution in [0.2, 0.25) is 0 Å². The Labute approximate surface area is 136 Å². The van der Waals surface area contributed by atoms with Gasteiger partial charge in [-0.15, -0.1) is 0 Å². The van der Waals surface area contributed by atoms with Crippen molar-refractivity contribution in [1.82, 2.24) is 4.98 Å². The van der Waals surface area contributed by atoms with Crippen molar-refractivity contribution in [1.29, 1.82) is 0 Å². The van der Waals surface area contributed by atoms with Crippen LogP contribution in [0.15, 0.2) is 59.0 Å². The Bertz CT molecular complexity index is 762. The zero-order chi connectivity index (χ0) is 16.1. The van der Waals surface area contributed by atoms with Gasteiger partial charge in [0.05, 0.1) is 12.3 Å². The number of ether oxygens (including phenoxy) is 1.